The van der Waals surface area contributed by atoms with E-state index in [0.29, 0.717) is 18.5 Å². The maximum atomic E-state index is 5.53. The van der Waals surface area contributed by atoms with Crippen molar-refractivity contribution in [1.82, 2.24) is 20.5 Å². The number of morpholine rings is 2. The van der Waals surface area contributed by atoms with Crippen molar-refractivity contribution < 1.29 is 9.47 Å². The summed E-state index contributed by atoms with van der Waals surface area (Å²) in [4.78, 5) is 14.3. The number of aromatic nitrogens is 1. The average molecular weight is 546 g/mol. The van der Waals surface area contributed by atoms with Gasteiger partial charge >= 0.3 is 0 Å². The first kappa shape index (κ1) is 26.1. The predicted octanol–water partition coefficient (Wildman–Crippen LogP) is 1.95. The fraction of sp³-hybridized carbons (Fsp3) is 0.727. The topological polar surface area (TPSA) is 74.2 Å². The highest BCUT2D eigenvalue weighted by Gasteiger charge is 2.24. The fourth-order valence-electron chi connectivity index (χ4n) is 4.02. The Morgan fingerprint density at radius 3 is 2.42 bits per heavy atom. The summed E-state index contributed by atoms with van der Waals surface area (Å²) in [5.41, 5.74) is 1.14. The molecule has 1 atom stereocenters. The lowest BCUT2D eigenvalue weighted by Gasteiger charge is -2.37. The lowest BCUT2D eigenvalue weighted by Crippen LogP contribution is -2.52. The molecule has 1 aromatic rings. The van der Waals surface area contributed by atoms with Gasteiger partial charge in [-0.3, -0.25) is 4.90 Å². The fourth-order valence-corrected chi connectivity index (χ4v) is 4.02. The second-order valence-corrected chi connectivity index (χ2v) is 8.12. The number of nitrogens with zero attached hydrogens (tertiary/aromatic N) is 4. The smallest absolute Gasteiger partial charge is 0.191 e. The van der Waals surface area contributed by atoms with Gasteiger partial charge in [0.15, 0.2) is 5.96 Å². The first-order valence-corrected chi connectivity index (χ1v) is 11.3. The Hall–Kier alpha value is -1.17. The molecule has 0 saturated carbocycles. The van der Waals surface area contributed by atoms with E-state index >= 15 is 0 Å². The van der Waals surface area contributed by atoms with E-state index in [9.17, 15) is 0 Å². The number of hydrogen-bond acceptors (Lipinski definition) is 6. The number of nitrogens with one attached hydrogen (secondary N) is 2. The Morgan fingerprint density at radius 2 is 1.77 bits per heavy atom. The van der Waals surface area contributed by atoms with Crippen molar-refractivity contribution in [2.45, 2.75) is 33.4 Å². The Bertz CT molecular complexity index is 663. The van der Waals surface area contributed by atoms with Crippen LogP contribution in [0.2, 0.25) is 0 Å². The molecule has 2 fully saturated rings. The monoisotopic (exact) mass is 546 g/mol. The summed E-state index contributed by atoms with van der Waals surface area (Å²) in [6.45, 7) is 15.9. The molecular formula is C22H39IN6O2. The quantitative estimate of drug-likeness (QED) is 0.294. The van der Waals surface area contributed by atoms with E-state index in [1.807, 2.05) is 12.3 Å². The van der Waals surface area contributed by atoms with Crippen LogP contribution in [0.25, 0.3) is 0 Å². The molecule has 176 valence electrons. The number of ether oxygens (including phenoxy) is 2. The maximum absolute atomic E-state index is 5.53. The molecule has 9 heteroatoms. The van der Waals surface area contributed by atoms with Crippen LogP contribution in [0.5, 0.6) is 0 Å². The average Bonchev–Trinajstić information content (AvgIpc) is 2.79. The molecule has 2 aliphatic heterocycles. The molecular weight excluding hydrogens is 507 g/mol. The van der Waals surface area contributed by atoms with Crippen LogP contribution in [0, 0.1) is 5.92 Å². The summed E-state index contributed by atoms with van der Waals surface area (Å²) in [6, 6.07) is 4.57. The SMILES string of the molecule is CCNC(=NCc1cccnc1N1CCOCC1)NCC(C(C)C)N1CCOCC1.I. The first-order valence-electron chi connectivity index (χ1n) is 11.3. The Morgan fingerprint density at radius 1 is 1.10 bits per heavy atom. The zero-order valence-electron chi connectivity index (χ0n) is 19.2. The number of pyridine rings is 1. The van der Waals surface area contributed by atoms with Crippen molar-refractivity contribution >= 4 is 35.8 Å². The molecule has 0 radical (unpaired) electrons. The minimum absolute atomic E-state index is 0. The molecule has 0 bridgehead atoms. The van der Waals surface area contributed by atoms with Crippen molar-refractivity contribution in [3.63, 3.8) is 0 Å². The second kappa shape index (κ2) is 14.1. The molecule has 0 aliphatic carbocycles. The van der Waals surface area contributed by atoms with Gasteiger partial charge in [0.1, 0.15) is 5.82 Å². The van der Waals surface area contributed by atoms with Gasteiger partial charge in [-0.2, -0.15) is 0 Å². The third-order valence-corrected chi connectivity index (χ3v) is 5.69. The number of halogens is 1. The summed E-state index contributed by atoms with van der Waals surface area (Å²) < 4.78 is 11.0. The van der Waals surface area contributed by atoms with E-state index in [1.54, 1.807) is 0 Å². The summed E-state index contributed by atoms with van der Waals surface area (Å²) in [5, 5.41) is 6.96. The summed E-state index contributed by atoms with van der Waals surface area (Å²) >= 11 is 0. The highest BCUT2D eigenvalue weighted by molar-refractivity contribution is 14.0. The normalized spacial score (nSPS) is 19.1. The number of anilines is 1. The molecule has 2 aliphatic rings. The van der Waals surface area contributed by atoms with Gasteiger partial charge < -0.3 is 25.0 Å². The van der Waals surface area contributed by atoms with Crippen molar-refractivity contribution in [1.29, 1.82) is 0 Å². The van der Waals surface area contributed by atoms with Crippen molar-refractivity contribution in [3.05, 3.63) is 23.9 Å². The molecule has 1 aromatic heterocycles. The van der Waals surface area contributed by atoms with Crippen molar-refractivity contribution in [2.75, 3.05) is 70.6 Å². The van der Waals surface area contributed by atoms with E-state index in [4.69, 9.17) is 14.5 Å². The van der Waals surface area contributed by atoms with Crippen LogP contribution < -0.4 is 15.5 Å². The van der Waals surface area contributed by atoms with Crippen LogP contribution in [0.3, 0.4) is 0 Å². The minimum atomic E-state index is 0. The number of aliphatic imine (C=N–C) groups is 1. The lowest BCUT2D eigenvalue weighted by atomic mass is 10.0. The molecule has 0 spiro atoms. The largest absolute Gasteiger partial charge is 0.379 e. The summed E-state index contributed by atoms with van der Waals surface area (Å²) in [7, 11) is 0. The molecule has 3 heterocycles. The zero-order chi connectivity index (χ0) is 21.2. The van der Waals surface area contributed by atoms with Gasteiger partial charge in [-0.05, 0) is 18.9 Å². The highest BCUT2D eigenvalue weighted by Crippen LogP contribution is 2.19. The van der Waals surface area contributed by atoms with Gasteiger partial charge in [0.25, 0.3) is 0 Å². The molecule has 3 rings (SSSR count). The third kappa shape index (κ3) is 8.03. The summed E-state index contributed by atoms with van der Waals surface area (Å²) in [5.74, 6) is 2.44. The van der Waals surface area contributed by atoms with Crippen LogP contribution in [0.4, 0.5) is 5.82 Å². The molecule has 31 heavy (non-hydrogen) atoms. The molecule has 8 nitrogen and oxygen atoms in total. The molecule has 2 saturated heterocycles. The minimum Gasteiger partial charge on any atom is -0.379 e. The number of hydrogen-bond donors (Lipinski definition) is 2. The lowest BCUT2D eigenvalue weighted by molar-refractivity contribution is 0.00752. The summed E-state index contributed by atoms with van der Waals surface area (Å²) in [6.07, 6.45) is 1.86. The van der Waals surface area contributed by atoms with E-state index in [-0.39, 0.29) is 24.0 Å². The highest BCUT2D eigenvalue weighted by atomic mass is 127. The van der Waals surface area contributed by atoms with Crippen LogP contribution >= 0.6 is 24.0 Å². The van der Waals surface area contributed by atoms with Crippen LogP contribution in [0.1, 0.15) is 26.3 Å². The molecule has 0 amide bonds. The van der Waals surface area contributed by atoms with Gasteiger partial charge in [0, 0.05) is 57.1 Å². The Kier molecular flexibility index (Phi) is 11.8. The molecule has 0 aromatic carbocycles. The van der Waals surface area contributed by atoms with Gasteiger partial charge in [0.2, 0.25) is 0 Å². The number of rotatable bonds is 8. The zero-order valence-corrected chi connectivity index (χ0v) is 21.5. The van der Waals surface area contributed by atoms with Gasteiger partial charge in [0.05, 0.1) is 33.0 Å². The van der Waals surface area contributed by atoms with Crippen molar-refractivity contribution in [2.24, 2.45) is 10.9 Å². The molecule has 2 N–H and O–H groups in total. The number of guanidine groups is 1. The standard InChI is InChI=1S/C22H38N6O2.HI/c1-4-23-22(26-17-20(18(2)3)27-8-12-29-13-9-27)25-16-19-6-5-7-24-21(19)28-10-14-30-15-11-28;/h5-7,18,20H,4,8-17H2,1-3H3,(H2,23,25,26);1H. The van der Waals surface area contributed by atoms with Crippen LogP contribution in [-0.4, -0.2) is 87.6 Å². The van der Waals surface area contributed by atoms with Crippen LogP contribution in [0.15, 0.2) is 23.3 Å². The van der Waals surface area contributed by atoms with E-state index in [0.717, 1.165) is 83.0 Å². The van der Waals surface area contributed by atoms with Crippen LogP contribution in [-0.2, 0) is 16.0 Å². The van der Waals surface area contributed by atoms with Crippen molar-refractivity contribution in [3.8, 4) is 0 Å². The Labute approximate surface area is 204 Å². The van der Waals surface area contributed by atoms with E-state index < -0.39 is 0 Å². The first-order chi connectivity index (χ1) is 14.7. The van der Waals surface area contributed by atoms with Gasteiger partial charge in [-0.15, -0.1) is 24.0 Å². The van der Waals surface area contributed by atoms with Gasteiger partial charge in [-0.1, -0.05) is 19.9 Å². The van der Waals surface area contributed by atoms with Gasteiger partial charge in [-0.25, -0.2) is 9.98 Å². The molecule has 1 unspecified atom stereocenters. The third-order valence-electron chi connectivity index (χ3n) is 5.69. The maximum Gasteiger partial charge on any atom is 0.191 e. The second-order valence-electron chi connectivity index (χ2n) is 8.12. The van der Waals surface area contributed by atoms with E-state index in [1.165, 1.54) is 0 Å². The predicted molar refractivity (Wildman–Crippen MR) is 137 cm³/mol. The Balaban J connectivity index is 0.00000341. The van der Waals surface area contributed by atoms with E-state index in [2.05, 4.69) is 52.3 Å².